The molecule has 1 heterocycles. The van der Waals surface area contributed by atoms with E-state index in [4.69, 9.17) is 0 Å². The summed E-state index contributed by atoms with van der Waals surface area (Å²) in [6.45, 7) is 1.85. The molecule has 0 bridgehead atoms. The summed E-state index contributed by atoms with van der Waals surface area (Å²) in [6.07, 6.45) is 0.864. The number of hydrazone groups is 1. The van der Waals surface area contributed by atoms with Gasteiger partial charge in [0.15, 0.2) is 0 Å². The van der Waals surface area contributed by atoms with Crippen LogP contribution in [0.2, 0.25) is 0 Å². The van der Waals surface area contributed by atoms with E-state index in [1.54, 1.807) is 6.07 Å². The molecule has 0 unspecified atom stereocenters. The highest BCUT2D eigenvalue weighted by Crippen LogP contribution is 2.47. The largest absolute Gasteiger partial charge is 0.321 e. The minimum atomic E-state index is -0.122. The Morgan fingerprint density at radius 3 is 2.45 bits per heavy atom. The van der Waals surface area contributed by atoms with Crippen molar-refractivity contribution < 1.29 is 9.59 Å². The molecule has 2 aromatic carbocycles. The second kappa shape index (κ2) is 8.41. The Morgan fingerprint density at radius 1 is 1.00 bits per heavy atom. The zero-order valence-electron chi connectivity index (χ0n) is 16.0. The quantitative estimate of drug-likeness (QED) is 0.465. The minimum absolute atomic E-state index is 0.0104. The van der Waals surface area contributed by atoms with Crippen molar-refractivity contribution in [1.82, 2.24) is 5.43 Å². The molecular formula is C23H21N3O2S. The van der Waals surface area contributed by atoms with E-state index >= 15 is 0 Å². The highest BCUT2D eigenvalue weighted by Gasteiger charge is 2.43. The summed E-state index contributed by atoms with van der Waals surface area (Å²) in [5.74, 6) is 0.113. The molecule has 0 spiro atoms. The second-order valence-corrected chi connectivity index (χ2v) is 7.99. The van der Waals surface area contributed by atoms with Gasteiger partial charge in [-0.15, -0.1) is 11.3 Å². The number of hydrogen-bond donors (Lipinski definition) is 2. The van der Waals surface area contributed by atoms with Crippen LogP contribution in [0.25, 0.3) is 0 Å². The van der Waals surface area contributed by atoms with Crippen LogP contribution in [-0.4, -0.2) is 17.5 Å². The number of rotatable bonds is 6. The molecule has 1 aliphatic carbocycles. The number of carbonyl (C=O) groups excluding carboxylic acids is 2. The SMILES string of the molecule is C/C(=N/NC(=O)[C@H]1C[C@H]1c1ccccc1)c1ccc(NC(=O)c2cccs2)cc1. The van der Waals surface area contributed by atoms with Crippen LogP contribution in [0.1, 0.15) is 40.1 Å². The molecule has 2 N–H and O–H groups in total. The van der Waals surface area contributed by atoms with Gasteiger partial charge in [-0.3, -0.25) is 9.59 Å². The summed E-state index contributed by atoms with van der Waals surface area (Å²) in [6, 6.07) is 21.1. The molecular weight excluding hydrogens is 382 g/mol. The third kappa shape index (κ3) is 4.60. The summed E-state index contributed by atoms with van der Waals surface area (Å²) in [7, 11) is 0. The van der Waals surface area contributed by atoms with E-state index in [9.17, 15) is 9.59 Å². The van der Waals surface area contributed by atoms with E-state index in [0.717, 1.165) is 12.0 Å². The fraction of sp³-hybridized carbons (Fsp3) is 0.174. The smallest absolute Gasteiger partial charge is 0.265 e. The van der Waals surface area contributed by atoms with Gasteiger partial charge in [0, 0.05) is 11.6 Å². The van der Waals surface area contributed by atoms with Crippen molar-refractivity contribution >= 4 is 34.6 Å². The Morgan fingerprint density at radius 2 is 1.76 bits per heavy atom. The maximum Gasteiger partial charge on any atom is 0.265 e. The molecule has 1 aliphatic rings. The van der Waals surface area contributed by atoms with Crippen LogP contribution >= 0.6 is 11.3 Å². The zero-order valence-corrected chi connectivity index (χ0v) is 16.8. The molecule has 0 aliphatic heterocycles. The number of benzene rings is 2. The lowest BCUT2D eigenvalue weighted by molar-refractivity contribution is -0.122. The highest BCUT2D eigenvalue weighted by atomic mass is 32.1. The Kier molecular flexibility index (Phi) is 5.53. The van der Waals surface area contributed by atoms with Gasteiger partial charge in [0.1, 0.15) is 0 Å². The van der Waals surface area contributed by atoms with Crippen LogP contribution in [0.3, 0.4) is 0 Å². The molecule has 3 aromatic rings. The zero-order chi connectivity index (χ0) is 20.2. The van der Waals surface area contributed by atoms with Crippen LogP contribution in [0.5, 0.6) is 0 Å². The van der Waals surface area contributed by atoms with Gasteiger partial charge in [-0.25, -0.2) is 5.43 Å². The lowest BCUT2D eigenvalue weighted by Crippen LogP contribution is -2.21. The first kappa shape index (κ1) is 19.1. The molecule has 29 heavy (non-hydrogen) atoms. The highest BCUT2D eigenvalue weighted by molar-refractivity contribution is 7.12. The van der Waals surface area contributed by atoms with Gasteiger partial charge in [-0.2, -0.15) is 5.10 Å². The lowest BCUT2D eigenvalue weighted by Gasteiger charge is -2.06. The Bertz CT molecular complexity index is 1030. The molecule has 146 valence electrons. The van der Waals surface area contributed by atoms with Gasteiger partial charge in [0.05, 0.1) is 10.6 Å². The number of nitrogens with one attached hydrogen (secondary N) is 2. The van der Waals surface area contributed by atoms with E-state index in [1.165, 1.54) is 16.9 Å². The molecule has 1 saturated carbocycles. The number of nitrogens with zero attached hydrogens (tertiary/aromatic N) is 1. The first-order chi connectivity index (χ1) is 14.1. The molecule has 2 atom stereocenters. The topological polar surface area (TPSA) is 70.6 Å². The average Bonchev–Trinajstić information content (AvgIpc) is 3.37. The number of carbonyl (C=O) groups is 2. The second-order valence-electron chi connectivity index (χ2n) is 7.04. The Hall–Kier alpha value is -3.25. The van der Waals surface area contributed by atoms with E-state index in [2.05, 4.69) is 28.0 Å². The van der Waals surface area contributed by atoms with E-state index in [0.29, 0.717) is 16.3 Å². The summed E-state index contributed by atoms with van der Waals surface area (Å²) >= 11 is 1.40. The van der Waals surface area contributed by atoms with Crippen molar-refractivity contribution in [3.63, 3.8) is 0 Å². The summed E-state index contributed by atoms with van der Waals surface area (Å²) in [4.78, 5) is 25.1. The first-order valence-electron chi connectivity index (χ1n) is 9.46. The summed E-state index contributed by atoms with van der Waals surface area (Å²) < 4.78 is 0. The fourth-order valence-corrected chi connectivity index (χ4v) is 3.85. The van der Waals surface area contributed by atoms with E-state index in [-0.39, 0.29) is 23.7 Å². The summed E-state index contributed by atoms with van der Waals surface area (Å²) in [5.41, 5.74) is 6.20. The molecule has 5 nitrogen and oxygen atoms in total. The van der Waals surface area contributed by atoms with Crippen molar-refractivity contribution in [2.24, 2.45) is 11.0 Å². The molecule has 4 rings (SSSR count). The van der Waals surface area contributed by atoms with Crippen LogP contribution in [0.4, 0.5) is 5.69 Å². The van der Waals surface area contributed by atoms with Gasteiger partial charge in [0.25, 0.3) is 5.91 Å². The predicted molar refractivity (Wildman–Crippen MR) is 116 cm³/mol. The van der Waals surface area contributed by atoms with Crippen LogP contribution in [0, 0.1) is 5.92 Å². The normalized spacial score (nSPS) is 18.2. The van der Waals surface area contributed by atoms with Gasteiger partial charge in [0.2, 0.25) is 5.91 Å². The molecule has 0 radical (unpaired) electrons. The van der Waals surface area contributed by atoms with Crippen molar-refractivity contribution in [3.05, 3.63) is 88.1 Å². The minimum Gasteiger partial charge on any atom is -0.321 e. The Labute approximate surface area is 173 Å². The third-order valence-corrected chi connectivity index (χ3v) is 5.86. The van der Waals surface area contributed by atoms with E-state index in [1.807, 2.05) is 60.8 Å². The van der Waals surface area contributed by atoms with Gasteiger partial charge >= 0.3 is 0 Å². The maximum absolute atomic E-state index is 12.3. The van der Waals surface area contributed by atoms with Crippen LogP contribution < -0.4 is 10.7 Å². The van der Waals surface area contributed by atoms with Gasteiger partial charge in [-0.05, 0) is 54.0 Å². The average molecular weight is 404 g/mol. The maximum atomic E-state index is 12.3. The summed E-state index contributed by atoms with van der Waals surface area (Å²) in [5, 5.41) is 8.98. The van der Waals surface area contributed by atoms with E-state index < -0.39 is 0 Å². The number of hydrogen-bond acceptors (Lipinski definition) is 4. The standard InChI is InChI=1S/C23H21N3O2S/c1-15(25-26-22(27)20-14-19(20)17-6-3-2-4-7-17)16-9-11-18(12-10-16)24-23(28)21-8-5-13-29-21/h2-13,19-20H,14H2,1H3,(H,24,28)(H,26,27)/b25-15-/t19-,20-/m0/s1. The molecule has 0 saturated heterocycles. The van der Waals surface area contributed by atoms with Gasteiger partial charge < -0.3 is 5.32 Å². The molecule has 2 amide bonds. The van der Waals surface area contributed by atoms with Crippen molar-refractivity contribution in [2.45, 2.75) is 19.3 Å². The monoisotopic (exact) mass is 403 g/mol. The van der Waals surface area contributed by atoms with Gasteiger partial charge in [-0.1, -0.05) is 48.5 Å². The number of amides is 2. The van der Waals surface area contributed by atoms with Crippen molar-refractivity contribution in [1.29, 1.82) is 0 Å². The molecule has 1 fully saturated rings. The van der Waals surface area contributed by atoms with Crippen molar-refractivity contribution in [3.8, 4) is 0 Å². The Balaban J connectivity index is 1.32. The third-order valence-electron chi connectivity index (χ3n) is 4.99. The van der Waals surface area contributed by atoms with Crippen molar-refractivity contribution in [2.75, 3.05) is 5.32 Å². The molecule has 6 heteroatoms. The number of thiophene rings is 1. The first-order valence-corrected chi connectivity index (χ1v) is 10.3. The number of anilines is 1. The fourth-order valence-electron chi connectivity index (χ4n) is 3.24. The molecule has 1 aromatic heterocycles. The van der Waals surface area contributed by atoms with Crippen LogP contribution in [0.15, 0.2) is 77.2 Å². The lowest BCUT2D eigenvalue weighted by atomic mass is 10.1. The predicted octanol–water partition coefficient (Wildman–Crippen LogP) is 4.64. The van der Waals surface area contributed by atoms with Crippen LogP contribution in [-0.2, 0) is 4.79 Å².